The van der Waals surface area contributed by atoms with Crippen LogP contribution in [0.4, 0.5) is 24.7 Å². The minimum Gasteiger partial charge on any atom is -0.399 e. The van der Waals surface area contributed by atoms with Crippen molar-refractivity contribution in [2.24, 2.45) is 7.05 Å². The summed E-state index contributed by atoms with van der Waals surface area (Å²) in [5.41, 5.74) is -2.30. The van der Waals surface area contributed by atoms with Gasteiger partial charge in [0.1, 0.15) is 5.82 Å². The van der Waals surface area contributed by atoms with E-state index in [0.717, 1.165) is 31.3 Å². The number of nitrogens with one attached hydrogen (secondary N) is 3. The first-order chi connectivity index (χ1) is 12.8. The van der Waals surface area contributed by atoms with Crippen molar-refractivity contribution in [3.63, 3.8) is 0 Å². The molecular formula is C14H12F3N5O5S. The van der Waals surface area contributed by atoms with Crippen LogP contribution in [-0.2, 0) is 27.4 Å². The number of halogens is 3. The van der Waals surface area contributed by atoms with Gasteiger partial charge >= 0.3 is 11.9 Å². The van der Waals surface area contributed by atoms with Crippen LogP contribution in [0.2, 0.25) is 0 Å². The Hall–Kier alpha value is -3.13. The van der Waals surface area contributed by atoms with E-state index in [0.29, 0.717) is 4.57 Å². The minimum absolute atomic E-state index is 0.153. The summed E-state index contributed by atoms with van der Waals surface area (Å²) >= 11 is 0. The number of alkyl halides is 3. The Balaban J connectivity index is 2.30. The zero-order valence-corrected chi connectivity index (χ0v) is 14.7. The van der Waals surface area contributed by atoms with Crippen LogP contribution in [0.5, 0.6) is 0 Å². The molecule has 3 rings (SSSR count). The van der Waals surface area contributed by atoms with Crippen LogP contribution in [0.15, 0.2) is 38.8 Å². The Bertz CT molecular complexity index is 1200. The molecule has 10 nitrogen and oxygen atoms in total. The van der Waals surface area contributed by atoms with Gasteiger partial charge in [-0.3, -0.25) is 19.1 Å². The van der Waals surface area contributed by atoms with E-state index in [-0.39, 0.29) is 5.69 Å². The molecule has 5 N–H and O–H groups in total. The van der Waals surface area contributed by atoms with Crippen molar-refractivity contribution in [2.45, 2.75) is 16.6 Å². The Morgan fingerprint density at radius 2 is 1.71 bits per heavy atom. The number of benzene rings is 1. The molecule has 1 atom stereocenters. The molecule has 1 aliphatic rings. The van der Waals surface area contributed by atoms with Crippen molar-refractivity contribution in [3.8, 4) is 0 Å². The monoisotopic (exact) mass is 419 g/mol. The van der Waals surface area contributed by atoms with Crippen LogP contribution >= 0.6 is 0 Å². The average molecular weight is 419 g/mol. The number of H-pyrrole nitrogens is 1. The Labute approximate surface area is 154 Å². The van der Waals surface area contributed by atoms with E-state index in [2.05, 4.69) is 0 Å². The first-order valence-corrected chi connectivity index (χ1v) is 8.91. The SMILES string of the molecule is Cn1c2c(c(=O)[nH]c1=O)C(NS(=O)(=O)c1ccc(N)cc1)(C(F)(F)F)C(=O)N2. The number of aromatic nitrogens is 2. The second-order valence-electron chi connectivity index (χ2n) is 5.92. The predicted molar refractivity (Wildman–Crippen MR) is 89.8 cm³/mol. The topological polar surface area (TPSA) is 156 Å². The largest absolute Gasteiger partial charge is 0.421 e. The van der Waals surface area contributed by atoms with Gasteiger partial charge in [-0.05, 0) is 24.3 Å². The molecule has 2 heterocycles. The van der Waals surface area contributed by atoms with Crippen LogP contribution in [0.1, 0.15) is 5.56 Å². The molecule has 2 aromatic rings. The Morgan fingerprint density at radius 1 is 1.14 bits per heavy atom. The van der Waals surface area contributed by atoms with E-state index in [1.54, 1.807) is 10.3 Å². The van der Waals surface area contributed by atoms with Crippen molar-refractivity contribution < 1.29 is 26.4 Å². The number of hydrogen-bond donors (Lipinski definition) is 4. The predicted octanol–water partition coefficient (Wildman–Crippen LogP) is -0.656. The second kappa shape index (κ2) is 5.93. The van der Waals surface area contributed by atoms with Gasteiger partial charge in [-0.1, -0.05) is 0 Å². The van der Waals surface area contributed by atoms with Gasteiger partial charge in [-0.2, -0.15) is 17.9 Å². The van der Waals surface area contributed by atoms with Crippen LogP contribution in [-0.4, -0.2) is 30.1 Å². The highest BCUT2D eigenvalue weighted by molar-refractivity contribution is 7.89. The number of sulfonamides is 1. The molecule has 28 heavy (non-hydrogen) atoms. The molecule has 150 valence electrons. The maximum Gasteiger partial charge on any atom is 0.421 e. The number of anilines is 2. The summed E-state index contributed by atoms with van der Waals surface area (Å²) < 4.78 is 69.0. The molecule has 0 saturated carbocycles. The lowest BCUT2D eigenvalue weighted by atomic mass is 9.94. The van der Waals surface area contributed by atoms with E-state index in [1.807, 2.05) is 0 Å². The lowest BCUT2D eigenvalue weighted by molar-refractivity contribution is -0.194. The number of fused-ring (bicyclic) bond motifs is 1. The van der Waals surface area contributed by atoms with Crippen LogP contribution in [0.25, 0.3) is 0 Å². The van der Waals surface area contributed by atoms with Gasteiger partial charge < -0.3 is 11.1 Å². The number of nitrogens with two attached hydrogens (primary N) is 1. The Morgan fingerprint density at radius 3 is 2.25 bits per heavy atom. The molecule has 1 aromatic heterocycles. The summed E-state index contributed by atoms with van der Waals surface area (Å²) in [5, 5.41) is 1.77. The lowest BCUT2D eigenvalue weighted by Gasteiger charge is -2.29. The number of rotatable bonds is 3. The molecule has 0 saturated heterocycles. The number of aromatic amines is 1. The molecule has 0 bridgehead atoms. The van der Waals surface area contributed by atoms with Gasteiger partial charge in [0.2, 0.25) is 15.6 Å². The Kier molecular flexibility index (Phi) is 4.16. The maximum absolute atomic E-state index is 14.0. The third kappa shape index (κ3) is 2.68. The van der Waals surface area contributed by atoms with Crippen LogP contribution in [0, 0.1) is 0 Å². The number of hydrogen-bond acceptors (Lipinski definition) is 6. The van der Waals surface area contributed by atoms with Crippen molar-refractivity contribution >= 4 is 27.4 Å². The van der Waals surface area contributed by atoms with E-state index in [9.17, 15) is 36.0 Å². The maximum atomic E-state index is 14.0. The number of carbonyl (C=O) groups is 1. The first-order valence-electron chi connectivity index (χ1n) is 7.43. The smallest absolute Gasteiger partial charge is 0.399 e. The number of nitrogens with zero attached hydrogens (tertiary/aromatic N) is 1. The summed E-state index contributed by atoms with van der Waals surface area (Å²) in [6, 6.07) is 4.13. The molecule has 0 fully saturated rings. The molecule has 1 aromatic carbocycles. The highest BCUT2D eigenvalue weighted by Crippen LogP contribution is 2.45. The van der Waals surface area contributed by atoms with E-state index < -0.39 is 55.2 Å². The second-order valence-corrected chi connectivity index (χ2v) is 7.60. The fourth-order valence-electron chi connectivity index (χ4n) is 2.76. The molecule has 0 radical (unpaired) electrons. The van der Waals surface area contributed by atoms with E-state index in [1.165, 1.54) is 4.72 Å². The normalized spacial score (nSPS) is 19.4. The lowest BCUT2D eigenvalue weighted by Crippen LogP contribution is -2.61. The highest BCUT2D eigenvalue weighted by Gasteiger charge is 2.69. The number of nitrogen functional groups attached to an aromatic ring is 1. The fourth-order valence-corrected chi connectivity index (χ4v) is 4.09. The fraction of sp³-hybridized carbons (Fsp3) is 0.214. The van der Waals surface area contributed by atoms with Crippen molar-refractivity contribution in [2.75, 3.05) is 11.1 Å². The molecule has 14 heteroatoms. The molecule has 1 unspecified atom stereocenters. The molecule has 0 spiro atoms. The van der Waals surface area contributed by atoms with E-state index >= 15 is 0 Å². The summed E-state index contributed by atoms with van der Waals surface area (Å²) in [6.45, 7) is 0. The minimum atomic E-state index is -5.56. The van der Waals surface area contributed by atoms with Crippen molar-refractivity contribution in [3.05, 3.63) is 50.7 Å². The van der Waals surface area contributed by atoms with Gasteiger partial charge in [-0.25, -0.2) is 13.2 Å². The van der Waals surface area contributed by atoms with Gasteiger partial charge in [0, 0.05) is 12.7 Å². The molecule has 1 aliphatic heterocycles. The van der Waals surface area contributed by atoms with E-state index in [4.69, 9.17) is 5.73 Å². The number of amides is 1. The number of carbonyl (C=O) groups excluding carboxylic acids is 1. The van der Waals surface area contributed by atoms with Crippen LogP contribution < -0.4 is 27.0 Å². The quantitative estimate of drug-likeness (QED) is 0.484. The standard InChI is InChI=1S/C14H12F3N5O5S/c1-22-9-8(10(23)20-12(22)25)13(11(24)19-9,14(15,16)17)21-28(26,27)7-4-2-6(18)3-5-7/h2-5,21H,18H2,1H3,(H,19,24)(H,20,23,25). The third-order valence-corrected chi connectivity index (χ3v) is 5.64. The average Bonchev–Trinajstić information content (AvgIpc) is 2.87. The van der Waals surface area contributed by atoms with Crippen LogP contribution in [0.3, 0.4) is 0 Å². The van der Waals surface area contributed by atoms with Crippen molar-refractivity contribution in [1.29, 1.82) is 0 Å². The third-order valence-electron chi connectivity index (χ3n) is 4.17. The van der Waals surface area contributed by atoms with Crippen molar-refractivity contribution in [1.82, 2.24) is 14.3 Å². The zero-order valence-electron chi connectivity index (χ0n) is 13.9. The van der Waals surface area contributed by atoms with Gasteiger partial charge in [0.25, 0.3) is 11.5 Å². The molecule has 0 aliphatic carbocycles. The zero-order chi connectivity index (χ0) is 21.1. The summed E-state index contributed by atoms with van der Waals surface area (Å²) in [4.78, 5) is 37.1. The molecule has 1 amide bonds. The summed E-state index contributed by atoms with van der Waals surface area (Å²) in [5.74, 6) is -2.64. The first kappa shape index (κ1) is 19.6. The van der Waals surface area contributed by atoms with Gasteiger partial charge in [-0.15, -0.1) is 0 Å². The summed E-state index contributed by atoms with van der Waals surface area (Å²) in [6.07, 6.45) is -5.56. The highest BCUT2D eigenvalue weighted by atomic mass is 32.2. The van der Waals surface area contributed by atoms with Gasteiger partial charge in [0.05, 0.1) is 10.5 Å². The van der Waals surface area contributed by atoms with Gasteiger partial charge in [0.15, 0.2) is 0 Å². The molecular weight excluding hydrogens is 407 g/mol. The summed E-state index contributed by atoms with van der Waals surface area (Å²) in [7, 11) is -3.95.